The van der Waals surface area contributed by atoms with Crippen molar-refractivity contribution < 1.29 is 0 Å². The summed E-state index contributed by atoms with van der Waals surface area (Å²) in [6.45, 7) is 5.07. The third kappa shape index (κ3) is 2.51. The topological polar surface area (TPSA) is 47.1 Å². The van der Waals surface area contributed by atoms with Gasteiger partial charge in [-0.25, -0.2) is 4.98 Å². The van der Waals surface area contributed by atoms with E-state index in [0.29, 0.717) is 12.6 Å². The van der Waals surface area contributed by atoms with Gasteiger partial charge in [0.25, 0.3) is 0 Å². The van der Waals surface area contributed by atoms with Crippen molar-refractivity contribution in [2.45, 2.75) is 64.1 Å². The molecule has 2 fully saturated rings. The fourth-order valence-electron chi connectivity index (χ4n) is 4.35. The third-order valence-corrected chi connectivity index (χ3v) is 5.34. The van der Waals surface area contributed by atoms with E-state index in [1.165, 1.54) is 50.8 Å². The van der Waals surface area contributed by atoms with Gasteiger partial charge in [-0.15, -0.1) is 0 Å². The van der Waals surface area contributed by atoms with E-state index in [-0.39, 0.29) is 0 Å². The quantitative estimate of drug-likeness (QED) is 0.919. The molecule has 1 aliphatic heterocycles. The Morgan fingerprint density at radius 2 is 2.10 bits per heavy atom. The van der Waals surface area contributed by atoms with Crippen LogP contribution >= 0.6 is 0 Å². The first-order valence-corrected chi connectivity index (χ1v) is 8.31. The standard InChI is InChI=1S/C16H28N4/c1-2-19-12-18-11-16(19)15(10-17)20-9-5-7-13-6-3-4-8-14(13)20/h11-15H,2-10,17H2,1H3/t13-,14-,15?/m1/s1. The predicted octanol–water partition coefficient (Wildman–Crippen LogP) is 2.56. The summed E-state index contributed by atoms with van der Waals surface area (Å²) in [4.78, 5) is 7.05. The van der Waals surface area contributed by atoms with Crippen LogP contribution in [0.3, 0.4) is 0 Å². The van der Waals surface area contributed by atoms with Crippen LogP contribution in [0.15, 0.2) is 12.5 Å². The molecule has 3 atom stereocenters. The average molecular weight is 276 g/mol. The zero-order valence-electron chi connectivity index (χ0n) is 12.7. The average Bonchev–Trinajstić information content (AvgIpc) is 2.97. The molecule has 2 aliphatic rings. The summed E-state index contributed by atoms with van der Waals surface area (Å²) in [5, 5.41) is 0. The molecule has 4 heteroatoms. The lowest BCUT2D eigenvalue weighted by Gasteiger charge is -2.47. The highest BCUT2D eigenvalue weighted by molar-refractivity contribution is 5.08. The van der Waals surface area contributed by atoms with Crippen LogP contribution in [0.2, 0.25) is 0 Å². The summed E-state index contributed by atoms with van der Waals surface area (Å²) >= 11 is 0. The first-order chi connectivity index (χ1) is 9.85. The van der Waals surface area contributed by atoms with Gasteiger partial charge in [0.05, 0.1) is 18.1 Å². The number of nitrogens with zero attached hydrogens (tertiary/aromatic N) is 3. The molecule has 1 aromatic rings. The minimum atomic E-state index is 0.350. The molecule has 112 valence electrons. The monoisotopic (exact) mass is 276 g/mol. The molecule has 1 aromatic heterocycles. The number of piperidine rings is 1. The van der Waals surface area contributed by atoms with Gasteiger partial charge in [-0.1, -0.05) is 12.8 Å². The van der Waals surface area contributed by atoms with E-state index in [1.807, 2.05) is 12.5 Å². The molecule has 3 rings (SSSR count). The Labute approximate surface area is 122 Å². The summed E-state index contributed by atoms with van der Waals surface area (Å²) in [6, 6.07) is 1.11. The van der Waals surface area contributed by atoms with Crippen molar-refractivity contribution in [1.82, 2.24) is 14.5 Å². The number of hydrogen-bond donors (Lipinski definition) is 1. The Balaban J connectivity index is 1.84. The van der Waals surface area contributed by atoms with Crippen LogP contribution in [0.25, 0.3) is 0 Å². The number of fused-ring (bicyclic) bond motifs is 1. The van der Waals surface area contributed by atoms with Gasteiger partial charge in [-0.05, 0) is 45.1 Å². The summed E-state index contributed by atoms with van der Waals surface area (Å²) < 4.78 is 2.25. The molecule has 1 saturated heterocycles. The van der Waals surface area contributed by atoms with Crippen LogP contribution in [0.1, 0.15) is 57.2 Å². The summed E-state index contributed by atoms with van der Waals surface area (Å²) in [5.41, 5.74) is 7.46. The van der Waals surface area contributed by atoms with Gasteiger partial charge in [0.15, 0.2) is 0 Å². The minimum Gasteiger partial charge on any atom is -0.333 e. The van der Waals surface area contributed by atoms with Gasteiger partial charge in [0.2, 0.25) is 0 Å². The number of rotatable bonds is 4. The normalized spacial score (nSPS) is 29.1. The van der Waals surface area contributed by atoms with Crippen molar-refractivity contribution >= 4 is 0 Å². The maximum Gasteiger partial charge on any atom is 0.0948 e. The van der Waals surface area contributed by atoms with Crippen LogP contribution in [0.4, 0.5) is 0 Å². The number of nitrogens with two attached hydrogens (primary N) is 1. The van der Waals surface area contributed by atoms with Crippen LogP contribution in [0.5, 0.6) is 0 Å². The Kier molecular flexibility index (Phi) is 4.41. The first kappa shape index (κ1) is 14.1. The number of aryl methyl sites for hydroxylation is 1. The highest BCUT2D eigenvalue weighted by Gasteiger charge is 2.37. The summed E-state index contributed by atoms with van der Waals surface area (Å²) in [6.07, 6.45) is 12.3. The van der Waals surface area contributed by atoms with Gasteiger partial charge in [-0.2, -0.15) is 0 Å². The van der Waals surface area contributed by atoms with Gasteiger partial charge in [0.1, 0.15) is 0 Å². The molecule has 0 spiro atoms. The van der Waals surface area contributed by atoms with Gasteiger partial charge >= 0.3 is 0 Å². The molecule has 0 bridgehead atoms. The van der Waals surface area contributed by atoms with E-state index in [0.717, 1.165) is 18.5 Å². The molecule has 4 nitrogen and oxygen atoms in total. The molecular formula is C16H28N4. The SMILES string of the molecule is CCn1cncc1C(CN)N1CCC[C@H]2CCCC[C@H]21. The lowest BCUT2D eigenvalue weighted by Crippen LogP contribution is -2.50. The highest BCUT2D eigenvalue weighted by atomic mass is 15.2. The van der Waals surface area contributed by atoms with Crippen LogP contribution < -0.4 is 5.73 Å². The van der Waals surface area contributed by atoms with Crippen LogP contribution in [0, 0.1) is 5.92 Å². The molecule has 1 saturated carbocycles. The maximum atomic E-state index is 6.16. The number of imidazole rings is 1. The fraction of sp³-hybridized carbons (Fsp3) is 0.812. The maximum absolute atomic E-state index is 6.16. The molecule has 0 aromatic carbocycles. The largest absolute Gasteiger partial charge is 0.333 e. The second kappa shape index (κ2) is 6.27. The van der Waals surface area contributed by atoms with E-state index < -0.39 is 0 Å². The zero-order valence-corrected chi connectivity index (χ0v) is 12.7. The zero-order chi connectivity index (χ0) is 13.9. The Morgan fingerprint density at radius 3 is 2.90 bits per heavy atom. The van der Waals surface area contributed by atoms with Crippen molar-refractivity contribution in [1.29, 1.82) is 0 Å². The predicted molar refractivity (Wildman–Crippen MR) is 81.4 cm³/mol. The fourth-order valence-corrected chi connectivity index (χ4v) is 4.35. The molecule has 0 amide bonds. The summed E-state index contributed by atoms with van der Waals surface area (Å²) in [7, 11) is 0. The van der Waals surface area contributed by atoms with Crippen molar-refractivity contribution in [3.8, 4) is 0 Å². The smallest absolute Gasteiger partial charge is 0.0948 e. The third-order valence-electron chi connectivity index (χ3n) is 5.34. The molecular weight excluding hydrogens is 248 g/mol. The molecule has 2 N–H and O–H groups in total. The molecule has 1 aliphatic carbocycles. The first-order valence-electron chi connectivity index (χ1n) is 8.31. The number of likely N-dealkylation sites (tertiary alicyclic amines) is 1. The van der Waals surface area contributed by atoms with E-state index in [1.54, 1.807) is 0 Å². The second-order valence-corrected chi connectivity index (χ2v) is 6.35. The Hall–Kier alpha value is -0.870. The van der Waals surface area contributed by atoms with Crippen molar-refractivity contribution in [3.05, 3.63) is 18.2 Å². The molecule has 1 unspecified atom stereocenters. The van der Waals surface area contributed by atoms with Crippen molar-refractivity contribution in [2.75, 3.05) is 13.1 Å². The Morgan fingerprint density at radius 1 is 1.30 bits per heavy atom. The molecule has 20 heavy (non-hydrogen) atoms. The van der Waals surface area contributed by atoms with Gasteiger partial charge in [-0.3, -0.25) is 4.90 Å². The highest BCUT2D eigenvalue weighted by Crippen LogP contribution is 2.39. The minimum absolute atomic E-state index is 0.350. The van der Waals surface area contributed by atoms with E-state index in [4.69, 9.17) is 5.73 Å². The lowest BCUT2D eigenvalue weighted by molar-refractivity contribution is 0.0252. The van der Waals surface area contributed by atoms with E-state index in [9.17, 15) is 0 Å². The lowest BCUT2D eigenvalue weighted by atomic mass is 9.77. The van der Waals surface area contributed by atoms with Crippen molar-refractivity contribution in [2.24, 2.45) is 11.7 Å². The number of aromatic nitrogens is 2. The number of hydrogen-bond acceptors (Lipinski definition) is 3. The van der Waals surface area contributed by atoms with Crippen LogP contribution in [-0.4, -0.2) is 33.6 Å². The van der Waals surface area contributed by atoms with E-state index >= 15 is 0 Å². The van der Waals surface area contributed by atoms with Gasteiger partial charge < -0.3 is 10.3 Å². The second-order valence-electron chi connectivity index (χ2n) is 6.35. The molecule has 0 radical (unpaired) electrons. The van der Waals surface area contributed by atoms with Crippen molar-refractivity contribution in [3.63, 3.8) is 0 Å². The van der Waals surface area contributed by atoms with E-state index in [2.05, 4.69) is 21.4 Å². The van der Waals surface area contributed by atoms with Crippen LogP contribution in [-0.2, 0) is 6.54 Å². The Bertz CT molecular complexity index is 426. The summed E-state index contributed by atoms with van der Waals surface area (Å²) in [5.74, 6) is 0.907. The molecule has 2 heterocycles. The van der Waals surface area contributed by atoms with Gasteiger partial charge in [0, 0.05) is 25.3 Å².